The molecule has 0 atom stereocenters. The maximum Gasteiger partial charge on any atom is 0.253 e. The molecule has 16 nitrogen and oxygen atoms in total. The Bertz CT molecular complexity index is 2940. The predicted octanol–water partition coefficient (Wildman–Crippen LogP) is 11.2. The molecule has 0 saturated heterocycles. The Morgan fingerprint density at radius 1 is 0.461 bits per heavy atom. The highest BCUT2D eigenvalue weighted by Crippen LogP contribution is 2.27. The van der Waals surface area contributed by atoms with Gasteiger partial charge in [0.1, 0.15) is 42.8 Å². The topological polar surface area (TPSA) is 150 Å². The van der Waals surface area contributed by atoms with E-state index in [1.807, 2.05) is 13.1 Å². The van der Waals surface area contributed by atoms with Gasteiger partial charge >= 0.3 is 0 Å². The molecule has 0 amide bonds. The molecule has 17 heteroatoms. The summed E-state index contributed by atoms with van der Waals surface area (Å²) in [5, 5.41) is 0. The first-order valence-electron chi connectivity index (χ1n) is 36.5. The minimum Gasteiger partial charge on any atom is -0.476 e. The zero-order chi connectivity index (χ0) is 69.8. The lowest BCUT2D eigenvalue weighted by Gasteiger charge is -2.23. The Hall–Kier alpha value is -4.42. The summed E-state index contributed by atoms with van der Waals surface area (Å²) >= 11 is 1.25. The predicted molar refractivity (Wildman–Crippen MR) is 320 cm³/mol. The molecule has 0 unspecified atom stereocenters. The van der Waals surface area contributed by atoms with Crippen LogP contribution in [0.3, 0.4) is 0 Å². The number of hydrogen-bond donors (Lipinski definition) is 0. The third-order valence-corrected chi connectivity index (χ3v) is 12.9. The minimum atomic E-state index is -3.01. The van der Waals surface area contributed by atoms with Gasteiger partial charge in [-0.1, -0.05) is 129 Å². The van der Waals surface area contributed by atoms with E-state index in [-0.39, 0.29) is 50.2 Å². The molecule has 7 aliphatic heterocycles. The van der Waals surface area contributed by atoms with Gasteiger partial charge in [-0.3, -0.25) is 15.0 Å². The summed E-state index contributed by atoms with van der Waals surface area (Å²) in [6, 6.07) is 0. The highest BCUT2D eigenvalue weighted by molar-refractivity contribution is 6.99. The molecule has 1 aromatic rings. The second-order valence-electron chi connectivity index (χ2n) is 19.0. The number of aliphatic imine (C=N–C) groups is 6. The van der Waals surface area contributed by atoms with Crippen LogP contribution in [0.25, 0.3) is 5.57 Å². The van der Waals surface area contributed by atoms with Gasteiger partial charge in [-0.05, 0) is 102 Å². The smallest absolute Gasteiger partial charge is 0.253 e. The van der Waals surface area contributed by atoms with Crippen LogP contribution in [-0.2, 0) is 14.2 Å². The molecule has 8 rings (SSSR count). The van der Waals surface area contributed by atoms with Crippen LogP contribution in [0, 0.1) is 0 Å². The molecular formula is C59H98N12O4S. The van der Waals surface area contributed by atoms with Crippen LogP contribution in [0.1, 0.15) is 186 Å². The van der Waals surface area contributed by atoms with E-state index in [1.54, 1.807) is 19.9 Å². The number of hydrogen-bond acceptors (Lipinski definition) is 17. The molecule has 0 saturated carbocycles. The fourth-order valence-electron chi connectivity index (χ4n) is 8.35. The number of unbranched alkanes of at least 4 members (excludes halogenated alkanes) is 6. The Labute approximate surface area is 488 Å². The minimum absolute atomic E-state index is 0.0449. The second-order valence-corrected chi connectivity index (χ2v) is 19.5. The third kappa shape index (κ3) is 22.9. The summed E-state index contributed by atoms with van der Waals surface area (Å²) in [7, 11) is 4.11. The van der Waals surface area contributed by atoms with Crippen molar-refractivity contribution in [2.45, 2.75) is 156 Å². The van der Waals surface area contributed by atoms with Crippen molar-refractivity contribution in [1.82, 2.24) is 28.3 Å². The SMILES string of the molecule is CCCCCCOc1nsnc1C1=CCCN(C)C1.[2H]C([2H])(CCC)C([2H])([2H])C([2H])([2H])OC1=NCN=C1C1=CCCN(C)C1.[2H]C([2H])([2H])N1CCC=C(C2=NCN=C2OC([2H])([2H])C([2H])([2H])C([2H])([2H])CCC)C1.[2H]C([2H])([2H])N1CCC=C(C2=NCN=C2OCCCCCC)C1. The molecule has 0 N–H and O–H groups in total. The fraction of sp³-hybridized carbons (Fsp3) is 0.729. The molecule has 1 aromatic heterocycles. The van der Waals surface area contributed by atoms with E-state index in [2.05, 4.69) is 81.5 Å². The lowest BCUT2D eigenvalue weighted by atomic mass is 10.1. The summed E-state index contributed by atoms with van der Waals surface area (Å²) in [4.78, 5) is 32.3. The molecule has 0 spiro atoms. The Kier molecular flexibility index (Phi) is 20.0. The maximum absolute atomic E-state index is 8.04. The Balaban J connectivity index is 0.000000229. The van der Waals surface area contributed by atoms with Crippen LogP contribution >= 0.6 is 11.7 Å². The summed E-state index contributed by atoms with van der Waals surface area (Å²) in [5.41, 5.74) is 5.88. The van der Waals surface area contributed by atoms with Gasteiger partial charge in [0, 0.05) is 71.5 Å². The van der Waals surface area contributed by atoms with E-state index in [4.69, 9.17) is 43.6 Å². The molecular weight excluding hydrogens is 973 g/mol. The second kappa shape index (κ2) is 37.4. The zero-order valence-electron chi connectivity index (χ0n) is 64.2. The van der Waals surface area contributed by atoms with Crippen LogP contribution in [-0.4, -0.2) is 190 Å². The lowest BCUT2D eigenvalue weighted by Crippen LogP contribution is -2.31. The summed E-state index contributed by atoms with van der Waals surface area (Å²) in [6.45, 7) is 4.38. The Morgan fingerprint density at radius 2 is 0.868 bits per heavy atom. The molecule has 0 bridgehead atoms. The van der Waals surface area contributed by atoms with Crippen molar-refractivity contribution in [3.05, 3.63) is 46.7 Å². The molecule has 8 heterocycles. The highest BCUT2D eigenvalue weighted by Gasteiger charge is 2.25. The molecule has 424 valence electrons. The van der Waals surface area contributed by atoms with Gasteiger partial charge in [0.25, 0.3) is 5.88 Å². The summed E-state index contributed by atoms with van der Waals surface area (Å²) in [6.07, 6.45) is 10.5. The van der Waals surface area contributed by atoms with Crippen molar-refractivity contribution in [1.29, 1.82) is 0 Å². The monoisotopic (exact) mass is 1090 g/mol. The number of nitrogens with zero attached hydrogens (tertiary/aromatic N) is 12. The van der Waals surface area contributed by atoms with Gasteiger partial charge in [-0.2, -0.15) is 4.37 Å². The summed E-state index contributed by atoms with van der Waals surface area (Å²) in [5.74, 6) is 1.01. The lowest BCUT2D eigenvalue weighted by molar-refractivity contribution is 0.294. The van der Waals surface area contributed by atoms with Gasteiger partial charge in [0.2, 0.25) is 17.7 Å². The number of likely N-dealkylation sites (N-methyl/N-ethyl adjacent to an activating group) is 4. The van der Waals surface area contributed by atoms with Gasteiger partial charge in [0.05, 0.1) is 43.5 Å². The normalized spacial score (nSPS) is 24.1. The average molecular weight is 1090 g/mol. The largest absolute Gasteiger partial charge is 0.476 e. The van der Waals surface area contributed by atoms with Crippen molar-refractivity contribution in [3.63, 3.8) is 0 Å². The molecule has 0 fully saturated rings. The quantitative estimate of drug-likeness (QED) is 0.0866. The van der Waals surface area contributed by atoms with E-state index in [9.17, 15) is 0 Å². The first-order chi connectivity index (χ1) is 44.1. The third-order valence-electron chi connectivity index (χ3n) is 12.4. The molecule has 7 aliphatic rings. The van der Waals surface area contributed by atoms with Crippen LogP contribution in [0.2, 0.25) is 0 Å². The average Bonchev–Trinajstić information content (AvgIpc) is 1.05. The van der Waals surface area contributed by atoms with Crippen molar-refractivity contribution < 1.29 is 43.6 Å². The summed E-state index contributed by atoms with van der Waals surface area (Å²) < 4.78 is 172. The van der Waals surface area contributed by atoms with E-state index in [0.717, 1.165) is 93.2 Å². The molecule has 76 heavy (non-hydrogen) atoms. The van der Waals surface area contributed by atoms with E-state index in [1.165, 1.54) is 59.2 Å². The highest BCUT2D eigenvalue weighted by atomic mass is 32.1. The van der Waals surface area contributed by atoms with E-state index < -0.39 is 52.6 Å². The van der Waals surface area contributed by atoms with Crippen molar-refractivity contribution in [2.75, 3.05) is 127 Å². The van der Waals surface area contributed by atoms with Crippen molar-refractivity contribution >= 4 is 52.1 Å². The molecule has 0 aromatic carbocycles. The number of rotatable bonds is 25. The van der Waals surface area contributed by atoms with Gasteiger partial charge in [0.15, 0.2) is 0 Å². The van der Waals surface area contributed by atoms with Crippen molar-refractivity contribution in [3.8, 4) is 5.88 Å². The van der Waals surface area contributed by atoms with E-state index in [0.29, 0.717) is 75.9 Å². The number of aromatic nitrogens is 2. The maximum atomic E-state index is 8.04. The number of ether oxygens (including phenoxy) is 4. The van der Waals surface area contributed by atoms with Crippen LogP contribution in [0.15, 0.2) is 71.0 Å². The van der Waals surface area contributed by atoms with Gasteiger partial charge in [-0.15, -0.1) is 4.37 Å². The molecule has 0 aliphatic carbocycles. The fourth-order valence-corrected chi connectivity index (χ4v) is 8.88. The van der Waals surface area contributed by atoms with Gasteiger partial charge < -0.3 is 38.5 Å². The Morgan fingerprint density at radius 3 is 1.32 bits per heavy atom. The zero-order valence-corrected chi connectivity index (χ0v) is 47.0. The standard InChI is InChI=1S/3C15H25N3O.C14H23N3OS/c3*1-3-4-5-6-10-19-15-14(16-12-17-15)13-8-7-9-18(2)11-13;1-3-4-5-6-10-18-14-13(15-19-16-14)12-8-7-9-17(2)11-12/h3*8H,3-7,9-12H2,1-2H3;8H,3-7,9-11H2,1-2H3/i2D3,5D2,6D2,10D2;5D2,6D2,10D2;2D3;. The van der Waals surface area contributed by atoms with Gasteiger partial charge in [-0.25, -0.2) is 15.0 Å². The van der Waals surface area contributed by atoms with Crippen molar-refractivity contribution in [2.24, 2.45) is 30.0 Å². The first-order valence-corrected chi connectivity index (χ1v) is 28.2. The van der Waals surface area contributed by atoms with Crippen LogP contribution in [0.4, 0.5) is 0 Å². The molecule has 0 radical (unpaired) electrons. The van der Waals surface area contributed by atoms with Crippen LogP contribution < -0.4 is 4.74 Å². The van der Waals surface area contributed by atoms with Crippen LogP contribution in [0.5, 0.6) is 5.88 Å². The first kappa shape index (κ1) is 40.7. The van der Waals surface area contributed by atoms with E-state index >= 15 is 0 Å².